The molecule has 2 aliphatic carbocycles. The molecule has 2 aliphatic rings. The lowest BCUT2D eigenvalue weighted by atomic mass is 9.93. The fourth-order valence-electron chi connectivity index (χ4n) is 2.82. The summed E-state index contributed by atoms with van der Waals surface area (Å²) in [5, 5.41) is 0. The second kappa shape index (κ2) is 3.08. The van der Waals surface area contributed by atoms with Crippen LogP contribution in [0.25, 0.3) is 0 Å². The quantitative estimate of drug-likeness (QED) is 0.582. The fourth-order valence-corrected chi connectivity index (χ4v) is 2.82. The summed E-state index contributed by atoms with van der Waals surface area (Å²) in [6, 6.07) is 0. The molecule has 0 heterocycles. The Kier molecular flexibility index (Phi) is 2.08. The SMILES string of the molecule is CCC1CC(CC)C2C=CC=C12. The molecule has 1 fully saturated rings. The zero-order valence-electron chi connectivity index (χ0n) is 8.09. The van der Waals surface area contributed by atoms with E-state index in [1.165, 1.54) is 19.3 Å². The minimum absolute atomic E-state index is 0.819. The predicted octanol–water partition coefficient (Wildman–Crippen LogP) is 3.55. The van der Waals surface area contributed by atoms with Gasteiger partial charge in [-0.25, -0.2) is 0 Å². The van der Waals surface area contributed by atoms with Gasteiger partial charge < -0.3 is 0 Å². The number of hydrogen-bond acceptors (Lipinski definition) is 0. The topological polar surface area (TPSA) is 0 Å². The second-order valence-corrected chi connectivity index (χ2v) is 4.09. The molecule has 0 heteroatoms. The van der Waals surface area contributed by atoms with Gasteiger partial charge >= 0.3 is 0 Å². The smallest absolute Gasteiger partial charge is 0.00141 e. The Morgan fingerprint density at radius 3 is 2.83 bits per heavy atom. The molecule has 0 aromatic rings. The van der Waals surface area contributed by atoms with E-state index < -0.39 is 0 Å². The van der Waals surface area contributed by atoms with Crippen LogP contribution in [0.5, 0.6) is 0 Å². The van der Waals surface area contributed by atoms with Crippen molar-refractivity contribution in [2.75, 3.05) is 0 Å². The third-order valence-corrected chi connectivity index (χ3v) is 3.58. The van der Waals surface area contributed by atoms with Crippen molar-refractivity contribution in [2.45, 2.75) is 33.1 Å². The lowest BCUT2D eigenvalue weighted by Gasteiger charge is -2.11. The molecule has 66 valence electrons. The molecule has 0 saturated heterocycles. The van der Waals surface area contributed by atoms with E-state index in [-0.39, 0.29) is 0 Å². The van der Waals surface area contributed by atoms with E-state index in [1.807, 2.05) is 0 Å². The monoisotopic (exact) mass is 162 g/mol. The van der Waals surface area contributed by atoms with Gasteiger partial charge in [0.25, 0.3) is 0 Å². The van der Waals surface area contributed by atoms with Gasteiger partial charge in [0.05, 0.1) is 0 Å². The van der Waals surface area contributed by atoms with Crippen LogP contribution in [0.2, 0.25) is 0 Å². The molecule has 0 aliphatic heterocycles. The van der Waals surface area contributed by atoms with Crippen LogP contribution in [-0.4, -0.2) is 0 Å². The van der Waals surface area contributed by atoms with Crippen LogP contribution in [0.3, 0.4) is 0 Å². The summed E-state index contributed by atoms with van der Waals surface area (Å²) in [5.74, 6) is 2.66. The summed E-state index contributed by atoms with van der Waals surface area (Å²) in [5.41, 5.74) is 1.73. The molecular weight excluding hydrogens is 144 g/mol. The number of rotatable bonds is 2. The van der Waals surface area contributed by atoms with E-state index in [9.17, 15) is 0 Å². The van der Waals surface area contributed by atoms with E-state index in [0.717, 1.165) is 17.8 Å². The van der Waals surface area contributed by atoms with Gasteiger partial charge in [-0.15, -0.1) is 0 Å². The number of fused-ring (bicyclic) bond motifs is 1. The maximum Gasteiger partial charge on any atom is 0.00141 e. The maximum atomic E-state index is 2.40. The highest BCUT2D eigenvalue weighted by Crippen LogP contribution is 2.46. The highest BCUT2D eigenvalue weighted by Gasteiger charge is 2.36. The molecule has 0 nitrogen and oxygen atoms in total. The molecule has 0 aromatic heterocycles. The number of hydrogen-bond donors (Lipinski definition) is 0. The third-order valence-electron chi connectivity index (χ3n) is 3.58. The van der Waals surface area contributed by atoms with Crippen molar-refractivity contribution < 1.29 is 0 Å². The maximum absolute atomic E-state index is 2.40. The molecule has 0 N–H and O–H groups in total. The van der Waals surface area contributed by atoms with Gasteiger partial charge in [-0.1, -0.05) is 44.1 Å². The highest BCUT2D eigenvalue weighted by atomic mass is 14.4. The lowest BCUT2D eigenvalue weighted by Crippen LogP contribution is -2.02. The summed E-state index contributed by atoms with van der Waals surface area (Å²) < 4.78 is 0. The first-order valence-corrected chi connectivity index (χ1v) is 5.25. The first kappa shape index (κ1) is 8.10. The van der Waals surface area contributed by atoms with Gasteiger partial charge in [0.15, 0.2) is 0 Å². The zero-order valence-corrected chi connectivity index (χ0v) is 8.09. The van der Waals surface area contributed by atoms with Crippen molar-refractivity contribution in [3.05, 3.63) is 23.8 Å². The van der Waals surface area contributed by atoms with Crippen molar-refractivity contribution >= 4 is 0 Å². The predicted molar refractivity (Wildman–Crippen MR) is 52.9 cm³/mol. The van der Waals surface area contributed by atoms with E-state index in [0.29, 0.717) is 0 Å². The van der Waals surface area contributed by atoms with Gasteiger partial charge in [-0.05, 0) is 24.7 Å². The molecule has 3 atom stereocenters. The molecule has 0 spiro atoms. The average molecular weight is 162 g/mol. The number of allylic oxidation sites excluding steroid dienone is 4. The second-order valence-electron chi connectivity index (χ2n) is 4.09. The minimum Gasteiger partial charge on any atom is -0.0770 e. The fraction of sp³-hybridized carbons (Fsp3) is 0.667. The molecular formula is C12H18. The lowest BCUT2D eigenvalue weighted by molar-refractivity contribution is 0.440. The van der Waals surface area contributed by atoms with Gasteiger partial charge in [0.2, 0.25) is 0 Å². The van der Waals surface area contributed by atoms with Crippen LogP contribution in [0.4, 0.5) is 0 Å². The van der Waals surface area contributed by atoms with Gasteiger partial charge in [-0.2, -0.15) is 0 Å². The van der Waals surface area contributed by atoms with Gasteiger partial charge in [-0.3, -0.25) is 0 Å². The largest absolute Gasteiger partial charge is 0.0770 e. The van der Waals surface area contributed by atoms with Crippen molar-refractivity contribution in [1.82, 2.24) is 0 Å². The molecule has 0 bridgehead atoms. The molecule has 0 radical (unpaired) electrons. The average Bonchev–Trinajstić information content (AvgIpc) is 2.63. The molecule has 1 saturated carbocycles. The van der Waals surface area contributed by atoms with E-state index in [2.05, 4.69) is 32.1 Å². The van der Waals surface area contributed by atoms with Crippen molar-refractivity contribution in [3.63, 3.8) is 0 Å². The standard InChI is InChI=1S/C12H18/c1-3-9-8-10(4-2)12-7-5-6-11(9)12/h5-7,9-11H,3-4,8H2,1-2H3. The van der Waals surface area contributed by atoms with Crippen LogP contribution in [0.1, 0.15) is 33.1 Å². The van der Waals surface area contributed by atoms with Crippen LogP contribution in [-0.2, 0) is 0 Å². The van der Waals surface area contributed by atoms with Crippen molar-refractivity contribution in [2.24, 2.45) is 17.8 Å². The van der Waals surface area contributed by atoms with Crippen LogP contribution in [0.15, 0.2) is 23.8 Å². The Morgan fingerprint density at radius 1 is 1.33 bits per heavy atom. The van der Waals surface area contributed by atoms with Crippen LogP contribution < -0.4 is 0 Å². The Labute approximate surface area is 75.4 Å². The van der Waals surface area contributed by atoms with E-state index >= 15 is 0 Å². The normalized spacial score (nSPS) is 38.5. The minimum atomic E-state index is 0.819. The Hall–Kier alpha value is -0.520. The Bertz CT molecular complexity index is 222. The molecule has 3 unspecified atom stereocenters. The summed E-state index contributed by atoms with van der Waals surface area (Å²) in [4.78, 5) is 0. The van der Waals surface area contributed by atoms with Crippen LogP contribution in [0, 0.1) is 17.8 Å². The highest BCUT2D eigenvalue weighted by molar-refractivity contribution is 5.33. The van der Waals surface area contributed by atoms with Crippen LogP contribution >= 0.6 is 0 Å². The third kappa shape index (κ3) is 1.05. The summed E-state index contributed by atoms with van der Waals surface area (Å²) in [6.07, 6.45) is 11.1. The first-order valence-electron chi connectivity index (χ1n) is 5.25. The Balaban J connectivity index is 2.18. The molecule has 2 rings (SSSR count). The van der Waals surface area contributed by atoms with Gasteiger partial charge in [0, 0.05) is 5.92 Å². The summed E-state index contributed by atoms with van der Waals surface area (Å²) in [7, 11) is 0. The van der Waals surface area contributed by atoms with Crippen molar-refractivity contribution in [3.8, 4) is 0 Å². The Morgan fingerprint density at radius 2 is 2.17 bits per heavy atom. The summed E-state index contributed by atoms with van der Waals surface area (Å²) in [6.45, 7) is 4.64. The molecule has 12 heavy (non-hydrogen) atoms. The molecule has 0 aromatic carbocycles. The van der Waals surface area contributed by atoms with E-state index in [1.54, 1.807) is 5.57 Å². The van der Waals surface area contributed by atoms with E-state index in [4.69, 9.17) is 0 Å². The summed E-state index contributed by atoms with van der Waals surface area (Å²) >= 11 is 0. The first-order chi connectivity index (χ1) is 5.86. The zero-order chi connectivity index (χ0) is 8.55. The van der Waals surface area contributed by atoms with Gasteiger partial charge in [0.1, 0.15) is 0 Å². The van der Waals surface area contributed by atoms with Crippen molar-refractivity contribution in [1.29, 1.82) is 0 Å². The molecule has 0 amide bonds.